The minimum Gasteiger partial charge on any atom is -0.485 e. The summed E-state index contributed by atoms with van der Waals surface area (Å²) in [5, 5.41) is 3.79. The number of para-hydroxylation sites is 2. The van der Waals surface area contributed by atoms with E-state index in [-0.39, 0.29) is 19.1 Å². The highest BCUT2D eigenvalue weighted by Gasteiger charge is 2.29. The van der Waals surface area contributed by atoms with Crippen molar-refractivity contribution in [2.45, 2.75) is 32.5 Å². The number of carbonyl (C=O) groups excluding carboxylic acids is 1. The van der Waals surface area contributed by atoms with Crippen molar-refractivity contribution in [1.29, 1.82) is 0 Å². The van der Waals surface area contributed by atoms with Gasteiger partial charge in [0.2, 0.25) is 6.10 Å². The lowest BCUT2D eigenvalue weighted by Gasteiger charge is -2.24. The second kappa shape index (κ2) is 6.46. The summed E-state index contributed by atoms with van der Waals surface area (Å²) >= 11 is 0. The molecule has 0 saturated heterocycles. The second-order valence-corrected chi connectivity index (χ2v) is 4.83. The van der Waals surface area contributed by atoms with E-state index in [1.54, 1.807) is 12.1 Å². The van der Waals surface area contributed by atoms with E-state index in [0.29, 0.717) is 17.3 Å². The zero-order chi connectivity index (χ0) is 15.4. The summed E-state index contributed by atoms with van der Waals surface area (Å²) < 4.78 is 21.2. The highest BCUT2D eigenvalue weighted by molar-refractivity contribution is 5.75. The van der Waals surface area contributed by atoms with Crippen LogP contribution in [-0.2, 0) is 22.6 Å². The van der Waals surface area contributed by atoms with Crippen LogP contribution in [0.3, 0.4) is 0 Å². The average molecular weight is 304 g/mol. The molecule has 7 heteroatoms. The molecule has 1 atom stereocenters. The summed E-state index contributed by atoms with van der Waals surface area (Å²) in [7, 11) is 0. The molecule has 1 aliphatic rings. The number of nitrogens with zero attached hydrogens (tertiary/aromatic N) is 2. The Kier molecular flexibility index (Phi) is 4.22. The average Bonchev–Trinajstić information content (AvgIpc) is 3.00. The van der Waals surface area contributed by atoms with Crippen LogP contribution >= 0.6 is 0 Å². The summed E-state index contributed by atoms with van der Waals surface area (Å²) in [6.07, 6.45) is 0.854. The number of aromatic nitrogens is 2. The van der Waals surface area contributed by atoms with Crippen molar-refractivity contribution >= 4 is 5.97 Å². The van der Waals surface area contributed by atoms with Gasteiger partial charge in [-0.05, 0) is 18.6 Å². The van der Waals surface area contributed by atoms with E-state index in [1.165, 1.54) is 0 Å². The SMILES string of the molecule is CCCc1noc(COC(=O)C2COc3ccccc3O2)n1. The maximum atomic E-state index is 12.0. The maximum absolute atomic E-state index is 12.0. The highest BCUT2D eigenvalue weighted by Crippen LogP contribution is 2.31. The minimum absolute atomic E-state index is 0.0724. The second-order valence-electron chi connectivity index (χ2n) is 4.83. The number of fused-ring (bicyclic) bond motifs is 1. The molecule has 1 aromatic carbocycles. The topological polar surface area (TPSA) is 83.7 Å². The monoisotopic (exact) mass is 304 g/mol. The van der Waals surface area contributed by atoms with E-state index < -0.39 is 12.1 Å². The van der Waals surface area contributed by atoms with Crippen molar-refractivity contribution < 1.29 is 23.5 Å². The fourth-order valence-corrected chi connectivity index (χ4v) is 2.04. The number of benzene rings is 1. The first kappa shape index (κ1) is 14.4. The molecule has 3 rings (SSSR count). The van der Waals surface area contributed by atoms with E-state index in [4.69, 9.17) is 18.7 Å². The van der Waals surface area contributed by atoms with Gasteiger partial charge in [0.1, 0.15) is 6.61 Å². The predicted octanol–water partition coefficient (Wildman–Crippen LogP) is 1.91. The zero-order valence-electron chi connectivity index (χ0n) is 12.2. The fourth-order valence-electron chi connectivity index (χ4n) is 2.04. The van der Waals surface area contributed by atoms with E-state index in [0.717, 1.165) is 12.8 Å². The molecule has 116 valence electrons. The van der Waals surface area contributed by atoms with Gasteiger partial charge in [-0.3, -0.25) is 0 Å². The van der Waals surface area contributed by atoms with E-state index in [2.05, 4.69) is 10.1 Å². The lowest BCUT2D eigenvalue weighted by molar-refractivity contribution is -0.156. The van der Waals surface area contributed by atoms with Crippen LogP contribution in [0, 0.1) is 0 Å². The molecule has 2 aromatic rings. The minimum atomic E-state index is -0.798. The summed E-state index contributed by atoms with van der Waals surface area (Å²) in [5.41, 5.74) is 0. The molecule has 1 aliphatic heterocycles. The first-order chi connectivity index (χ1) is 10.8. The molecule has 0 amide bonds. The first-order valence-electron chi connectivity index (χ1n) is 7.13. The molecular weight excluding hydrogens is 288 g/mol. The van der Waals surface area contributed by atoms with Crippen molar-refractivity contribution in [3.8, 4) is 11.5 Å². The molecule has 0 fully saturated rings. The van der Waals surface area contributed by atoms with Gasteiger partial charge in [-0.2, -0.15) is 4.98 Å². The van der Waals surface area contributed by atoms with Crippen LogP contribution in [0.4, 0.5) is 0 Å². The quantitative estimate of drug-likeness (QED) is 0.780. The Hall–Kier alpha value is -2.57. The predicted molar refractivity (Wildman–Crippen MR) is 74.4 cm³/mol. The Morgan fingerprint density at radius 3 is 3.00 bits per heavy atom. The molecule has 0 saturated carbocycles. The normalized spacial score (nSPS) is 16.3. The lowest BCUT2D eigenvalue weighted by atomic mass is 10.2. The van der Waals surface area contributed by atoms with Crippen LogP contribution in [0.25, 0.3) is 0 Å². The van der Waals surface area contributed by atoms with E-state index in [9.17, 15) is 4.79 Å². The lowest BCUT2D eigenvalue weighted by Crippen LogP contribution is -2.37. The van der Waals surface area contributed by atoms with Crippen molar-refractivity contribution in [1.82, 2.24) is 10.1 Å². The van der Waals surface area contributed by atoms with Crippen molar-refractivity contribution in [3.05, 3.63) is 36.0 Å². The standard InChI is InChI=1S/C15H16N2O5/c1-2-5-13-16-14(22-17-13)9-20-15(18)12-8-19-10-6-3-4-7-11(10)21-12/h3-4,6-7,12H,2,5,8-9H2,1H3. The fraction of sp³-hybridized carbons (Fsp3) is 0.400. The zero-order valence-corrected chi connectivity index (χ0v) is 12.2. The van der Waals surface area contributed by atoms with Gasteiger partial charge in [-0.15, -0.1) is 0 Å². The Morgan fingerprint density at radius 1 is 1.36 bits per heavy atom. The number of rotatable bonds is 5. The summed E-state index contributed by atoms with van der Waals surface area (Å²) in [6.45, 7) is 2.06. The number of aryl methyl sites for hydroxylation is 1. The van der Waals surface area contributed by atoms with Gasteiger partial charge in [-0.1, -0.05) is 24.2 Å². The summed E-state index contributed by atoms with van der Waals surface area (Å²) in [4.78, 5) is 16.1. The molecule has 0 N–H and O–H groups in total. The molecule has 1 unspecified atom stereocenters. The van der Waals surface area contributed by atoms with E-state index in [1.807, 2.05) is 19.1 Å². The number of carbonyl (C=O) groups is 1. The van der Waals surface area contributed by atoms with Crippen molar-refractivity contribution in [2.75, 3.05) is 6.61 Å². The van der Waals surface area contributed by atoms with Crippen LogP contribution in [0.5, 0.6) is 11.5 Å². The van der Waals surface area contributed by atoms with Gasteiger partial charge in [0, 0.05) is 6.42 Å². The molecule has 0 radical (unpaired) electrons. The Balaban J connectivity index is 1.54. The molecule has 22 heavy (non-hydrogen) atoms. The number of esters is 1. The maximum Gasteiger partial charge on any atom is 0.351 e. The molecule has 7 nitrogen and oxygen atoms in total. The van der Waals surface area contributed by atoms with Crippen LogP contribution in [-0.4, -0.2) is 28.8 Å². The third kappa shape index (κ3) is 3.19. The first-order valence-corrected chi connectivity index (χ1v) is 7.13. The third-order valence-electron chi connectivity index (χ3n) is 3.09. The number of hydrogen-bond donors (Lipinski definition) is 0. The molecule has 0 spiro atoms. The molecular formula is C15H16N2O5. The molecule has 0 aliphatic carbocycles. The van der Waals surface area contributed by atoms with Gasteiger partial charge >= 0.3 is 5.97 Å². The molecule has 2 heterocycles. The van der Waals surface area contributed by atoms with Crippen LogP contribution in [0.1, 0.15) is 25.1 Å². The van der Waals surface area contributed by atoms with Gasteiger partial charge in [0.25, 0.3) is 5.89 Å². The Bertz CT molecular complexity index is 655. The van der Waals surface area contributed by atoms with E-state index >= 15 is 0 Å². The van der Waals surface area contributed by atoms with Crippen LogP contribution in [0.15, 0.2) is 28.8 Å². The van der Waals surface area contributed by atoms with Crippen LogP contribution in [0.2, 0.25) is 0 Å². The molecule has 1 aromatic heterocycles. The number of ether oxygens (including phenoxy) is 3. The van der Waals surface area contributed by atoms with Gasteiger partial charge < -0.3 is 18.7 Å². The summed E-state index contributed by atoms with van der Waals surface area (Å²) in [6, 6.07) is 7.17. The van der Waals surface area contributed by atoms with Gasteiger partial charge in [0.05, 0.1) is 0 Å². The van der Waals surface area contributed by atoms with Crippen molar-refractivity contribution in [2.24, 2.45) is 0 Å². The molecule has 0 bridgehead atoms. The summed E-state index contributed by atoms with van der Waals surface area (Å²) in [5.74, 6) is 1.50. The van der Waals surface area contributed by atoms with Gasteiger partial charge in [0.15, 0.2) is 23.9 Å². The highest BCUT2D eigenvalue weighted by atomic mass is 16.6. The Morgan fingerprint density at radius 2 is 2.18 bits per heavy atom. The third-order valence-corrected chi connectivity index (χ3v) is 3.09. The van der Waals surface area contributed by atoms with Gasteiger partial charge in [-0.25, -0.2) is 4.79 Å². The smallest absolute Gasteiger partial charge is 0.351 e. The van der Waals surface area contributed by atoms with Crippen molar-refractivity contribution in [3.63, 3.8) is 0 Å². The Labute approximate surface area is 127 Å². The number of hydrogen-bond acceptors (Lipinski definition) is 7. The largest absolute Gasteiger partial charge is 0.485 e. The van der Waals surface area contributed by atoms with Crippen LogP contribution < -0.4 is 9.47 Å².